The number of hydrogen-bond acceptors (Lipinski definition) is 17. The molecule has 2 rings (SSSR count). The van der Waals surface area contributed by atoms with Crippen LogP contribution in [0.1, 0.15) is 60.3 Å². The predicted molar refractivity (Wildman–Crippen MR) is 177 cm³/mol. The number of phosphoric ester groups is 1. The molecule has 2 saturated heterocycles. The van der Waals surface area contributed by atoms with Gasteiger partial charge in [-0.3, -0.25) is 18.7 Å². The number of aliphatic hydroxyl groups excluding tert-OH is 4. The van der Waals surface area contributed by atoms with Gasteiger partial charge in [-0.1, -0.05) is 34.9 Å². The first-order valence-electron chi connectivity index (χ1n) is 16.6. The Labute approximate surface area is 302 Å². The van der Waals surface area contributed by atoms with Crippen LogP contribution in [0.5, 0.6) is 0 Å². The molecule has 12 atom stereocenters. The van der Waals surface area contributed by atoms with E-state index in [0.717, 1.165) is 31.8 Å². The quantitative estimate of drug-likeness (QED) is 0.0489. The molecule has 20 heteroatoms. The van der Waals surface area contributed by atoms with Crippen LogP contribution in [0.25, 0.3) is 0 Å². The highest BCUT2D eigenvalue weighted by molar-refractivity contribution is 7.45. The maximum absolute atomic E-state index is 12.9. The third-order valence-electron chi connectivity index (χ3n) is 8.19. The van der Waals surface area contributed by atoms with Crippen LogP contribution in [0.2, 0.25) is 0 Å². The summed E-state index contributed by atoms with van der Waals surface area (Å²) in [7, 11) is -5.63. The largest absolute Gasteiger partial charge is 0.756 e. The molecule has 0 aromatic carbocycles. The van der Waals surface area contributed by atoms with Crippen molar-refractivity contribution in [1.82, 2.24) is 5.32 Å². The van der Waals surface area contributed by atoms with Gasteiger partial charge in [0.1, 0.15) is 30.5 Å². The van der Waals surface area contributed by atoms with Gasteiger partial charge >= 0.3 is 0 Å². The zero-order valence-electron chi connectivity index (χ0n) is 29.8. The van der Waals surface area contributed by atoms with Crippen molar-refractivity contribution in [2.45, 2.75) is 128 Å². The van der Waals surface area contributed by atoms with E-state index in [1.165, 1.54) is 11.1 Å². The summed E-state index contributed by atoms with van der Waals surface area (Å²) in [6.45, 7) is 6.90. The molecule has 0 bridgehead atoms. The van der Waals surface area contributed by atoms with Crippen LogP contribution in [-0.4, -0.2) is 125 Å². The van der Waals surface area contributed by atoms with Gasteiger partial charge in [0, 0.05) is 6.92 Å². The number of hydrogen-bond donors (Lipinski definition) is 7. The monoisotopic (exact) mass is 765 g/mol. The van der Waals surface area contributed by atoms with Crippen LogP contribution >= 0.6 is 7.82 Å². The summed E-state index contributed by atoms with van der Waals surface area (Å²) in [5.74, 6) is -3.82. The van der Waals surface area contributed by atoms with E-state index in [0.29, 0.717) is 6.42 Å². The van der Waals surface area contributed by atoms with Crippen LogP contribution in [0.3, 0.4) is 0 Å². The van der Waals surface area contributed by atoms with Crippen molar-refractivity contribution >= 4 is 25.6 Å². The number of amides is 2. The molecule has 2 aliphatic rings. The lowest BCUT2D eigenvalue weighted by Gasteiger charge is -2.47. The number of carbonyl (C=O) groups is 3. The van der Waals surface area contributed by atoms with Crippen molar-refractivity contribution in [3.05, 3.63) is 34.9 Å². The summed E-state index contributed by atoms with van der Waals surface area (Å²) in [5, 5.41) is 55.5. The minimum atomic E-state index is -5.63. The molecule has 7 unspecified atom stereocenters. The standard InChI is InChI=1S/C32H54N3O16P/c1-16(2)8-6-9-17(3)10-7-11-18(4)12-13-46-21(30(42)43)15-47-52(44,45)51-32-28(26(40)25(39)27(49-32)29(34)41)50-31-23(35-19(5)37)22(33)24(38)20(14-36)48-31/h8,10,12,20-28,31-32,36,38-40H,6-7,9,11,13-15,33H2,1-5H3,(H2,34,41)(H,35,37)(H,42,43)(H,44,45)/p-2/b17-10+,18-12-/t20?,21?,22-,23?,24-,25?,26+,27?,28+,31+,32?/m1/s1. The molecule has 0 radical (unpaired) electrons. The van der Waals surface area contributed by atoms with Crippen LogP contribution in [0.4, 0.5) is 0 Å². The van der Waals surface area contributed by atoms with E-state index in [1.54, 1.807) is 6.08 Å². The van der Waals surface area contributed by atoms with Crippen LogP contribution in [0.15, 0.2) is 34.9 Å². The van der Waals surface area contributed by atoms with E-state index in [9.17, 15) is 49.4 Å². The lowest BCUT2D eigenvalue weighted by Crippen LogP contribution is -2.70. The summed E-state index contributed by atoms with van der Waals surface area (Å²) >= 11 is 0. The second kappa shape index (κ2) is 21.3. The number of rotatable bonds is 20. The first-order chi connectivity index (χ1) is 24.3. The molecule has 0 saturated carbocycles. The minimum Gasteiger partial charge on any atom is -0.756 e. The van der Waals surface area contributed by atoms with Crippen molar-refractivity contribution in [3.63, 3.8) is 0 Å². The highest BCUT2D eigenvalue weighted by atomic mass is 31.2. The van der Waals surface area contributed by atoms with E-state index in [2.05, 4.69) is 17.5 Å². The van der Waals surface area contributed by atoms with Crippen molar-refractivity contribution in [2.75, 3.05) is 19.8 Å². The minimum absolute atomic E-state index is 0.227. The number of allylic oxidation sites excluding steroid dienone is 5. The van der Waals surface area contributed by atoms with E-state index in [1.807, 2.05) is 27.7 Å². The van der Waals surface area contributed by atoms with Gasteiger partial charge in [-0.25, -0.2) is 0 Å². The molecule has 52 heavy (non-hydrogen) atoms. The first kappa shape index (κ1) is 45.5. The SMILES string of the molecule is CC(=O)NC1[C@H](O[C@@H]2C(OP(=O)([O-])OCC(OC/C=C(/C)CC/C=C(\C)CCC=C(C)C)C(=O)[O-])OC(C(N)=O)C(O)[C@@H]2O)OC(CO)[C@@H](O)[C@@H]1N. The lowest BCUT2D eigenvalue weighted by atomic mass is 9.94. The Morgan fingerprint density at radius 1 is 0.942 bits per heavy atom. The first-order valence-corrected chi connectivity index (χ1v) is 18.1. The normalized spacial score (nSPS) is 31.7. The van der Waals surface area contributed by atoms with Crippen LogP contribution in [-0.2, 0) is 46.9 Å². The maximum Gasteiger partial charge on any atom is 0.270 e. The number of carbonyl (C=O) groups excluding carboxylic acids is 3. The van der Waals surface area contributed by atoms with Crippen molar-refractivity contribution in [3.8, 4) is 0 Å². The Bertz CT molecular complexity index is 1340. The Morgan fingerprint density at radius 2 is 1.56 bits per heavy atom. The smallest absolute Gasteiger partial charge is 0.270 e. The van der Waals surface area contributed by atoms with Gasteiger partial charge in [0.05, 0.1) is 44.0 Å². The maximum atomic E-state index is 12.9. The summed E-state index contributed by atoms with van der Waals surface area (Å²) in [4.78, 5) is 48.4. The van der Waals surface area contributed by atoms with Gasteiger partial charge in [-0.2, -0.15) is 0 Å². The van der Waals surface area contributed by atoms with Gasteiger partial charge in [-0.05, 0) is 53.4 Å². The fourth-order valence-corrected chi connectivity index (χ4v) is 6.05. The molecular formula is C32H52N3O16P-2. The summed E-state index contributed by atoms with van der Waals surface area (Å²) < 4.78 is 44.2. The number of aliphatic hydroxyl groups is 4. The zero-order chi connectivity index (χ0) is 39.3. The topological polar surface area (TPSA) is 315 Å². The van der Waals surface area contributed by atoms with Crippen molar-refractivity contribution in [2.24, 2.45) is 11.5 Å². The molecule has 9 N–H and O–H groups in total. The Morgan fingerprint density at radius 3 is 2.12 bits per heavy atom. The molecule has 0 aromatic rings. The summed E-state index contributed by atoms with van der Waals surface area (Å²) in [6.07, 6.45) is -8.02. The molecule has 298 valence electrons. The third kappa shape index (κ3) is 14.3. The Hall–Kier alpha value is -2.62. The number of carboxylic acids is 1. The van der Waals surface area contributed by atoms with E-state index < -0.39 is 106 Å². The average molecular weight is 766 g/mol. The molecule has 19 nitrogen and oxygen atoms in total. The Kier molecular flexibility index (Phi) is 18.7. The van der Waals surface area contributed by atoms with Crippen molar-refractivity contribution in [1.29, 1.82) is 0 Å². The molecule has 0 spiro atoms. The van der Waals surface area contributed by atoms with Gasteiger partial charge in [0.2, 0.25) is 11.8 Å². The van der Waals surface area contributed by atoms with E-state index >= 15 is 0 Å². The second-order valence-corrected chi connectivity index (χ2v) is 14.2. The fraction of sp³-hybridized carbons (Fsp3) is 0.719. The molecular weight excluding hydrogens is 713 g/mol. The summed E-state index contributed by atoms with van der Waals surface area (Å²) in [6, 6.07) is -2.71. The molecule has 2 heterocycles. The predicted octanol–water partition coefficient (Wildman–Crippen LogP) is -2.73. The van der Waals surface area contributed by atoms with Crippen LogP contribution < -0.4 is 26.8 Å². The lowest BCUT2D eigenvalue weighted by molar-refractivity contribution is -0.342. The summed E-state index contributed by atoms with van der Waals surface area (Å²) in [5.41, 5.74) is 14.6. The average Bonchev–Trinajstić information content (AvgIpc) is 3.04. The fourth-order valence-electron chi connectivity index (χ4n) is 5.25. The van der Waals surface area contributed by atoms with Gasteiger partial charge in [0.15, 0.2) is 18.7 Å². The number of carboxylic acid groups (broad SMARTS) is 1. The molecule has 0 aliphatic carbocycles. The molecule has 2 fully saturated rings. The van der Waals surface area contributed by atoms with Gasteiger partial charge in [-0.15, -0.1) is 0 Å². The van der Waals surface area contributed by atoms with Gasteiger partial charge < -0.3 is 75.5 Å². The highest BCUT2D eigenvalue weighted by Gasteiger charge is 2.53. The van der Waals surface area contributed by atoms with Crippen LogP contribution in [0, 0.1) is 0 Å². The number of primary amides is 1. The third-order valence-corrected chi connectivity index (χ3v) is 9.12. The number of nitrogens with one attached hydrogen (secondary N) is 1. The van der Waals surface area contributed by atoms with E-state index in [4.69, 9.17) is 39.5 Å². The Balaban J connectivity index is 2.13. The highest BCUT2D eigenvalue weighted by Crippen LogP contribution is 2.43. The number of phosphoric acid groups is 1. The van der Waals surface area contributed by atoms with Crippen molar-refractivity contribution < 1.29 is 77.4 Å². The molecule has 2 aliphatic heterocycles. The van der Waals surface area contributed by atoms with Gasteiger partial charge in [0.25, 0.3) is 7.82 Å². The van der Waals surface area contributed by atoms with E-state index in [-0.39, 0.29) is 6.61 Å². The number of nitrogens with two attached hydrogens (primary N) is 2. The molecule has 2 amide bonds. The second-order valence-electron chi connectivity index (χ2n) is 12.9. The number of aliphatic carboxylic acids is 1. The number of ether oxygens (including phenoxy) is 4. The molecule has 0 aromatic heterocycles. The zero-order valence-corrected chi connectivity index (χ0v) is 30.7.